The Morgan fingerprint density at radius 1 is 0.921 bits per heavy atom. The minimum Gasteiger partial charge on any atom is -0.468 e. The highest BCUT2D eigenvalue weighted by molar-refractivity contribution is 6.03. The first-order valence-corrected chi connectivity index (χ1v) is 14.0. The number of rotatable bonds is 11. The molecule has 2 aliphatic heterocycles. The molecule has 38 heavy (non-hydrogen) atoms. The number of carbonyl (C=O) groups excluding carboxylic acids is 1. The highest BCUT2D eigenvalue weighted by Gasteiger charge is 2.43. The van der Waals surface area contributed by atoms with E-state index in [0.717, 1.165) is 32.4 Å². The Hall–Kier alpha value is -3.40. The molecular weight excluding hydrogens is 468 g/mol. The number of ether oxygens (including phenoxy) is 1. The van der Waals surface area contributed by atoms with Crippen molar-refractivity contribution in [1.29, 1.82) is 0 Å². The predicted molar refractivity (Wildman–Crippen MR) is 159 cm³/mol. The van der Waals surface area contributed by atoms with Crippen LogP contribution in [-0.2, 0) is 20.4 Å². The van der Waals surface area contributed by atoms with Crippen molar-refractivity contribution in [2.45, 2.75) is 71.6 Å². The number of carbonyl (C=O) groups is 1. The van der Waals surface area contributed by atoms with Crippen molar-refractivity contribution in [3.8, 4) is 0 Å². The molecule has 200 valence electrons. The van der Waals surface area contributed by atoms with Crippen molar-refractivity contribution >= 4 is 23.6 Å². The Morgan fingerprint density at radius 3 is 2.47 bits per heavy atom. The fourth-order valence-electron chi connectivity index (χ4n) is 6.05. The summed E-state index contributed by atoms with van der Waals surface area (Å²) < 4.78 is 7.32. The van der Waals surface area contributed by atoms with Gasteiger partial charge in [0.2, 0.25) is 5.69 Å². The molecule has 4 nitrogen and oxygen atoms in total. The number of para-hydroxylation sites is 1. The summed E-state index contributed by atoms with van der Waals surface area (Å²) in [5.41, 5.74) is 9.28. The number of hydrogen-bond acceptors (Lipinski definition) is 3. The van der Waals surface area contributed by atoms with Crippen LogP contribution in [0.5, 0.6) is 0 Å². The third-order valence-electron chi connectivity index (χ3n) is 8.11. The Bertz CT molecular complexity index is 1290. The van der Waals surface area contributed by atoms with Gasteiger partial charge in [0.1, 0.15) is 6.54 Å². The zero-order chi connectivity index (χ0) is 27.3. The Labute approximate surface area is 229 Å². The highest BCUT2D eigenvalue weighted by atomic mass is 16.5. The molecule has 2 heterocycles. The first-order chi connectivity index (χ1) is 18.2. The lowest BCUT2D eigenvalue weighted by atomic mass is 9.81. The van der Waals surface area contributed by atoms with Gasteiger partial charge in [-0.05, 0) is 58.2 Å². The molecule has 4 heteroatoms. The van der Waals surface area contributed by atoms with Crippen molar-refractivity contribution in [3.05, 3.63) is 95.2 Å². The second-order valence-electron chi connectivity index (χ2n) is 11.4. The van der Waals surface area contributed by atoms with E-state index in [1.165, 1.54) is 39.5 Å². The summed E-state index contributed by atoms with van der Waals surface area (Å²) in [6, 6.07) is 15.6. The van der Waals surface area contributed by atoms with E-state index in [2.05, 4.69) is 124 Å². The maximum atomic E-state index is 10.4. The molecule has 0 saturated heterocycles. The monoisotopic (exact) mass is 511 g/mol. The van der Waals surface area contributed by atoms with Gasteiger partial charge in [-0.25, -0.2) is 0 Å². The lowest BCUT2D eigenvalue weighted by Crippen LogP contribution is -2.27. The number of fused-ring (bicyclic) bond motifs is 2. The fraction of sp³-hybridized carbons (Fsp3) is 0.412. The molecule has 2 aromatic carbocycles. The molecule has 0 spiro atoms. The van der Waals surface area contributed by atoms with Crippen LogP contribution in [0.1, 0.15) is 70.6 Å². The summed E-state index contributed by atoms with van der Waals surface area (Å²) >= 11 is 0. The van der Waals surface area contributed by atoms with Gasteiger partial charge in [-0.1, -0.05) is 68.0 Å². The highest BCUT2D eigenvalue weighted by Crippen LogP contribution is 2.47. The molecule has 0 fully saturated rings. The zero-order valence-electron chi connectivity index (χ0n) is 24.0. The fourth-order valence-corrected chi connectivity index (χ4v) is 6.05. The molecule has 2 aromatic rings. The molecule has 0 atom stereocenters. The summed E-state index contributed by atoms with van der Waals surface area (Å²) in [5, 5.41) is 0. The Morgan fingerprint density at radius 2 is 1.71 bits per heavy atom. The SMILES string of the molecule is CCN1/C(=C/C=C\C=C/C2=[N+](CCCCCOC=O)c3ccccc3C2(C)C)C(C)(C)c2cc(C)ccc21. The number of anilines is 1. The van der Waals surface area contributed by atoms with E-state index in [1.54, 1.807) is 0 Å². The maximum absolute atomic E-state index is 10.4. The van der Waals surface area contributed by atoms with Gasteiger partial charge in [-0.15, -0.1) is 0 Å². The molecule has 0 unspecified atom stereocenters. The summed E-state index contributed by atoms with van der Waals surface area (Å²) in [7, 11) is 0. The molecule has 0 aromatic heterocycles. The van der Waals surface area contributed by atoms with Gasteiger partial charge < -0.3 is 9.64 Å². The summed E-state index contributed by atoms with van der Waals surface area (Å²) in [6.07, 6.45) is 14.1. The van der Waals surface area contributed by atoms with Crippen LogP contribution in [0.2, 0.25) is 0 Å². The number of aryl methyl sites for hydroxylation is 1. The van der Waals surface area contributed by atoms with E-state index in [9.17, 15) is 4.79 Å². The van der Waals surface area contributed by atoms with Crippen molar-refractivity contribution in [2.24, 2.45) is 0 Å². The largest absolute Gasteiger partial charge is 0.468 e. The van der Waals surface area contributed by atoms with Crippen LogP contribution in [0, 0.1) is 6.92 Å². The van der Waals surface area contributed by atoms with Crippen molar-refractivity contribution in [1.82, 2.24) is 0 Å². The predicted octanol–water partition coefficient (Wildman–Crippen LogP) is 7.53. The average molecular weight is 512 g/mol. The normalized spacial score (nSPS) is 18.6. The second-order valence-corrected chi connectivity index (χ2v) is 11.4. The van der Waals surface area contributed by atoms with Crippen LogP contribution in [0.3, 0.4) is 0 Å². The molecule has 0 aliphatic carbocycles. The van der Waals surface area contributed by atoms with Crippen LogP contribution >= 0.6 is 0 Å². The van der Waals surface area contributed by atoms with Gasteiger partial charge in [0, 0.05) is 47.5 Å². The average Bonchev–Trinajstić information content (AvgIpc) is 3.24. The molecule has 0 saturated carbocycles. The molecule has 0 bridgehead atoms. The van der Waals surface area contributed by atoms with Gasteiger partial charge in [-0.2, -0.15) is 4.58 Å². The Balaban J connectivity index is 1.55. The maximum Gasteiger partial charge on any atom is 0.293 e. The third kappa shape index (κ3) is 5.27. The molecule has 0 N–H and O–H groups in total. The standard InChI is InChI=1S/C34H43N2O2/c1-7-35-30-21-20-26(2)24-28(30)34(5,6)31(35)18-10-8-11-19-32-33(3,4)27-16-12-13-17-29(27)36(32)22-14-9-15-23-38-25-37/h8,10-13,16-21,24-25H,7,9,14-15,22-23H2,1-6H3/q+1. The van der Waals surface area contributed by atoms with Gasteiger partial charge >= 0.3 is 0 Å². The molecule has 0 amide bonds. The summed E-state index contributed by atoms with van der Waals surface area (Å²) in [5.74, 6) is 0. The van der Waals surface area contributed by atoms with Crippen LogP contribution in [0.15, 0.2) is 78.5 Å². The number of nitrogens with zero attached hydrogens (tertiary/aromatic N) is 2. The van der Waals surface area contributed by atoms with E-state index in [0.29, 0.717) is 13.1 Å². The van der Waals surface area contributed by atoms with Crippen molar-refractivity contribution in [3.63, 3.8) is 0 Å². The smallest absolute Gasteiger partial charge is 0.293 e. The number of unbranched alkanes of at least 4 members (excludes halogenated alkanes) is 2. The lowest BCUT2D eigenvalue weighted by molar-refractivity contribution is -0.438. The number of hydrogen-bond donors (Lipinski definition) is 0. The van der Waals surface area contributed by atoms with E-state index in [1.807, 2.05) is 0 Å². The minimum atomic E-state index is -0.0635. The third-order valence-corrected chi connectivity index (χ3v) is 8.11. The number of allylic oxidation sites excluding steroid dienone is 6. The molecule has 4 rings (SSSR count). The van der Waals surface area contributed by atoms with Crippen LogP contribution in [0.25, 0.3) is 0 Å². The van der Waals surface area contributed by atoms with Gasteiger partial charge in [-0.3, -0.25) is 4.79 Å². The van der Waals surface area contributed by atoms with Crippen molar-refractivity contribution in [2.75, 3.05) is 24.6 Å². The van der Waals surface area contributed by atoms with E-state index in [4.69, 9.17) is 4.74 Å². The van der Waals surface area contributed by atoms with Crippen LogP contribution in [0.4, 0.5) is 11.4 Å². The zero-order valence-corrected chi connectivity index (χ0v) is 24.0. The number of likely N-dealkylation sites (N-methyl/N-ethyl adjacent to an activating group) is 1. The summed E-state index contributed by atoms with van der Waals surface area (Å²) in [6.45, 7) is 16.6. The van der Waals surface area contributed by atoms with E-state index in [-0.39, 0.29) is 10.8 Å². The van der Waals surface area contributed by atoms with Gasteiger partial charge in [0.05, 0.1) is 12.0 Å². The first kappa shape index (κ1) is 27.6. The van der Waals surface area contributed by atoms with E-state index >= 15 is 0 Å². The Kier molecular flexibility index (Phi) is 8.40. The van der Waals surface area contributed by atoms with Crippen LogP contribution < -0.4 is 4.90 Å². The second kappa shape index (κ2) is 11.6. The molecule has 0 radical (unpaired) electrons. The van der Waals surface area contributed by atoms with Crippen LogP contribution in [-0.4, -0.2) is 36.5 Å². The molecular formula is C34H43N2O2+. The van der Waals surface area contributed by atoms with Crippen molar-refractivity contribution < 1.29 is 14.1 Å². The summed E-state index contributed by atoms with van der Waals surface area (Å²) in [4.78, 5) is 12.8. The van der Waals surface area contributed by atoms with E-state index < -0.39 is 0 Å². The lowest BCUT2D eigenvalue weighted by Gasteiger charge is -2.25. The first-order valence-electron chi connectivity index (χ1n) is 14.0. The quantitative estimate of drug-likeness (QED) is 0.135. The van der Waals surface area contributed by atoms with Gasteiger partial charge in [0.15, 0.2) is 5.71 Å². The number of benzene rings is 2. The van der Waals surface area contributed by atoms with Gasteiger partial charge in [0.25, 0.3) is 6.47 Å². The molecule has 2 aliphatic rings. The minimum absolute atomic E-state index is 0.0250. The topological polar surface area (TPSA) is 32.5 Å².